The number of aromatic nitrogens is 2. The first-order valence-corrected chi connectivity index (χ1v) is 13.8. The Labute approximate surface area is 204 Å². The van der Waals surface area contributed by atoms with Crippen LogP contribution in [0.3, 0.4) is 0 Å². The fraction of sp³-hybridized carbons (Fsp3) is 0.560. The number of amides is 1. The molecule has 5 rings (SSSR count). The van der Waals surface area contributed by atoms with Crippen molar-refractivity contribution in [2.45, 2.75) is 46.1 Å². The van der Waals surface area contributed by atoms with Gasteiger partial charge in [0.05, 0.1) is 5.39 Å². The summed E-state index contributed by atoms with van der Waals surface area (Å²) in [4.78, 5) is 30.7. The molecule has 5 heterocycles. The molecule has 0 bridgehead atoms. The summed E-state index contributed by atoms with van der Waals surface area (Å²) in [7, 11) is 0. The lowest BCUT2D eigenvalue weighted by Crippen LogP contribution is -2.44. The monoisotopic (exact) mass is 483 g/mol. The number of fused-ring (bicyclic) bond motifs is 1. The Bertz CT molecular complexity index is 1090. The highest BCUT2D eigenvalue weighted by Crippen LogP contribution is 2.35. The van der Waals surface area contributed by atoms with Crippen LogP contribution in [0.5, 0.6) is 0 Å². The zero-order valence-corrected chi connectivity index (χ0v) is 21.2. The van der Waals surface area contributed by atoms with E-state index in [0.717, 1.165) is 56.2 Å². The molecule has 33 heavy (non-hydrogen) atoms. The van der Waals surface area contributed by atoms with Gasteiger partial charge in [-0.2, -0.15) is 0 Å². The third-order valence-corrected chi connectivity index (χ3v) is 9.21. The molecule has 0 aliphatic carbocycles. The summed E-state index contributed by atoms with van der Waals surface area (Å²) >= 11 is 3.57. The maximum Gasteiger partial charge on any atom is 0.223 e. The Kier molecular flexibility index (Phi) is 6.94. The van der Waals surface area contributed by atoms with E-state index in [9.17, 15) is 4.79 Å². The minimum absolute atomic E-state index is 0.106. The lowest BCUT2D eigenvalue weighted by molar-refractivity contribution is -0.125. The molecule has 2 saturated heterocycles. The van der Waals surface area contributed by atoms with Gasteiger partial charge in [0.2, 0.25) is 5.91 Å². The van der Waals surface area contributed by atoms with Crippen LogP contribution in [0.25, 0.3) is 10.2 Å². The topological polar surface area (TPSA) is 61.4 Å². The van der Waals surface area contributed by atoms with Crippen LogP contribution < -0.4 is 10.2 Å². The van der Waals surface area contributed by atoms with E-state index in [2.05, 4.69) is 56.4 Å². The zero-order chi connectivity index (χ0) is 22.8. The van der Waals surface area contributed by atoms with Gasteiger partial charge in [-0.05, 0) is 69.0 Å². The second-order valence-corrected chi connectivity index (χ2v) is 11.7. The third-order valence-electron chi connectivity index (χ3n) is 7.24. The van der Waals surface area contributed by atoms with Crippen LogP contribution in [0.2, 0.25) is 0 Å². The molecule has 0 radical (unpaired) electrons. The highest BCUT2D eigenvalue weighted by Gasteiger charge is 2.28. The summed E-state index contributed by atoms with van der Waals surface area (Å²) in [5, 5.41) is 6.63. The number of carbonyl (C=O) groups is 1. The SMILES string of the molecule is Cc1sc2ncnc(N3CCC(C(=O)NCC4CCCN(Cc5cccs5)C4)CC3)c2c1C. The van der Waals surface area contributed by atoms with Gasteiger partial charge in [-0.25, -0.2) is 9.97 Å². The molecular weight excluding hydrogens is 450 g/mol. The lowest BCUT2D eigenvalue weighted by Gasteiger charge is -2.34. The van der Waals surface area contributed by atoms with Gasteiger partial charge >= 0.3 is 0 Å². The number of nitrogens with one attached hydrogen (secondary N) is 1. The number of aryl methyl sites for hydroxylation is 2. The highest BCUT2D eigenvalue weighted by molar-refractivity contribution is 7.18. The number of rotatable bonds is 6. The average Bonchev–Trinajstić information content (AvgIpc) is 3.45. The second-order valence-electron chi connectivity index (χ2n) is 9.49. The van der Waals surface area contributed by atoms with Gasteiger partial charge in [-0.3, -0.25) is 9.69 Å². The molecule has 3 aromatic rings. The average molecular weight is 484 g/mol. The largest absolute Gasteiger partial charge is 0.356 e. The number of piperidine rings is 2. The molecule has 6 nitrogen and oxygen atoms in total. The summed E-state index contributed by atoms with van der Waals surface area (Å²) in [5.41, 5.74) is 1.28. The number of nitrogens with zero attached hydrogens (tertiary/aromatic N) is 4. The van der Waals surface area contributed by atoms with Gasteiger partial charge in [0.25, 0.3) is 0 Å². The fourth-order valence-electron chi connectivity index (χ4n) is 5.23. The van der Waals surface area contributed by atoms with Crippen molar-refractivity contribution in [3.8, 4) is 0 Å². The lowest BCUT2D eigenvalue weighted by atomic mass is 9.94. The van der Waals surface area contributed by atoms with Gasteiger partial charge in [-0.1, -0.05) is 6.07 Å². The standard InChI is InChI=1S/C25H33N5OS2/c1-17-18(2)33-25-22(17)23(27-16-28-25)30-10-7-20(8-11-30)24(31)26-13-19-5-3-9-29(14-19)15-21-6-4-12-32-21/h4,6,12,16,19-20H,3,5,7-11,13-15H2,1-2H3,(H,26,31). The molecule has 3 aromatic heterocycles. The van der Waals surface area contributed by atoms with Gasteiger partial charge in [0.15, 0.2) is 0 Å². The molecular formula is C25H33N5OS2. The molecule has 0 aromatic carbocycles. The van der Waals surface area contributed by atoms with Crippen molar-refractivity contribution in [2.75, 3.05) is 37.6 Å². The van der Waals surface area contributed by atoms with Crippen molar-refractivity contribution in [2.24, 2.45) is 11.8 Å². The Morgan fingerprint density at radius 2 is 2.03 bits per heavy atom. The van der Waals surface area contributed by atoms with E-state index in [1.807, 2.05) is 11.3 Å². The molecule has 2 aliphatic rings. The molecule has 0 spiro atoms. The normalized spacial score (nSPS) is 20.4. The van der Waals surface area contributed by atoms with Crippen LogP contribution in [0.1, 0.15) is 41.0 Å². The van der Waals surface area contributed by atoms with E-state index in [-0.39, 0.29) is 11.8 Å². The fourth-order valence-corrected chi connectivity index (χ4v) is 6.97. The molecule has 8 heteroatoms. The maximum atomic E-state index is 12.9. The van der Waals surface area contributed by atoms with Crippen molar-refractivity contribution >= 4 is 44.6 Å². The van der Waals surface area contributed by atoms with Crippen LogP contribution in [-0.4, -0.2) is 53.5 Å². The smallest absolute Gasteiger partial charge is 0.223 e. The summed E-state index contributed by atoms with van der Waals surface area (Å²) < 4.78 is 0. The first-order chi connectivity index (χ1) is 16.1. The molecule has 2 fully saturated rings. The predicted octanol–water partition coefficient (Wildman–Crippen LogP) is 4.61. The van der Waals surface area contributed by atoms with Crippen molar-refractivity contribution in [1.29, 1.82) is 0 Å². The minimum atomic E-state index is 0.106. The zero-order valence-electron chi connectivity index (χ0n) is 19.5. The maximum absolute atomic E-state index is 12.9. The van der Waals surface area contributed by atoms with Gasteiger partial charge in [0.1, 0.15) is 17.0 Å². The van der Waals surface area contributed by atoms with Gasteiger partial charge in [0, 0.05) is 48.4 Å². The molecule has 1 atom stereocenters. The van der Waals surface area contributed by atoms with Crippen LogP contribution >= 0.6 is 22.7 Å². The third kappa shape index (κ3) is 5.08. The second kappa shape index (κ2) is 10.1. The van der Waals surface area contributed by atoms with E-state index in [1.165, 1.54) is 40.1 Å². The van der Waals surface area contributed by atoms with E-state index < -0.39 is 0 Å². The Balaban J connectivity index is 1.12. The summed E-state index contributed by atoms with van der Waals surface area (Å²) in [6.45, 7) is 10.1. The van der Waals surface area contributed by atoms with Crippen molar-refractivity contribution < 1.29 is 4.79 Å². The number of thiophene rings is 2. The van der Waals surface area contributed by atoms with Crippen molar-refractivity contribution in [3.63, 3.8) is 0 Å². The molecule has 1 N–H and O–H groups in total. The number of likely N-dealkylation sites (tertiary alicyclic amines) is 1. The van der Waals surface area contributed by atoms with Crippen LogP contribution in [0, 0.1) is 25.7 Å². The van der Waals surface area contributed by atoms with E-state index in [4.69, 9.17) is 0 Å². The quantitative estimate of drug-likeness (QED) is 0.555. The van der Waals surface area contributed by atoms with Gasteiger partial charge in [-0.15, -0.1) is 22.7 Å². The summed E-state index contributed by atoms with van der Waals surface area (Å²) in [6.07, 6.45) is 5.88. The van der Waals surface area contributed by atoms with E-state index in [0.29, 0.717) is 5.92 Å². The molecule has 1 amide bonds. The van der Waals surface area contributed by atoms with Gasteiger partial charge < -0.3 is 10.2 Å². The Morgan fingerprint density at radius 3 is 2.82 bits per heavy atom. The van der Waals surface area contributed by atoms with E-state index in [1.54, 1.807) is 17.7 Å². The number of anilines is 1. The summed E-state index contributed by atoms with van der Waals surface area (Å²) in [6, 6.07) is 4.35. The number of hydrogen-bond donors (Lipinski definition) is 1. The van der Waals surface area contributed by atoms with Crippen molar-refractivity contribution in [3.05, 3.63) is 39.2 Å². The molecule has 176 valence electrons. The molecule has 0 saturated carbocycles. The first kappa shape index (κ1) is 22.7. The van der Waals surface area contributed by atoms with Crippen LogP contribution in [0.4, 0.5) is 5.82 Å². The van der Waals surface area contributed by atoms with E-state index >= 15 is 0 Å². The Hall–Kier alpha value is -2.03. The highest BCUT2D eigenvalue weighted by atomic mass is 32.1. The molecule has 1 unspecified atom stereocenters. The van der Waals surface area contributed by atoms with Crippen LogP contribution in [-0.2, 0) is 11.3 Å². The number of hydrogen-bond acceptors (Lipinski definition) is 7. The van der Waals surface area contributed by atoms with Crippen molar-refractivity contribution in [1.82, 2.24) is 20.2 Å². The first-order valence-electron chi connectivity index (χ1n) is 12.1. The number of carbonyl (C=O) groups excluding carboxylic acids is 1. The minimum Gasteiger partial charge on any atom is -0.356 e. The predicted molar refractivity (Wildman–Crippen MR) is 137 cm³/mol. The van der Waals surface area contributed by atoms with Crippen LogP contribution in [0.15, 0.2) is 23.8 Å². The molecule has 2 aliphatic heterocycles. The summed E-state index contributed by atoms with van der Waals surface area (Å²) in [5.74, 6) is 1.94. The Morgan fingerprint density at radius 1 is 1.18 bits per heavy atom.